The number of rotatable bonds is 4. The van der Waals surface area contributed by atoms with Crippen molar-refractivity contribution in [3.63, 3.8) is 0 Å². The molecule has 1 amide bonds. The van der Waals surface area contributed by atoms with E-state index in [9.17, 15) is 4.79 Å². The van der Waals surface area contributed by atoms with Crippen LogP contribution in [0.3, 0.4) is 0 Å². The second-order valence-electron chi connectivity index (χ2n) is 4.20. The quantitative estimate of drug-likeness (QED) is 0.864. The maximum atomic E-state index is 11.8. The van der Waals surface area contributed by atoms with Crippen molar-refractivity contribution in [3.8, 4) is 5.75 Å². The summed E-state index contributed by atoms with van der Waals surface area (Å²) in [5.41, 5.74) is 0.381. The van der Waals surface area contributed by atoms with Crippen LogP contribution in [0, 0.1) is 0 Å². The molecule has 3 nitrogen and oxygen atoms in total. The van der Waals surface area contributed by atoms with Gasteiger partial charge in [-0.1, -0.05) is 15.9 Å². The van der Waals surface area contributed by atoms with Gasteiger partial charge in [-0.05, 0) is 38.1 Å². The molecule has 88 valence electrons. The van der Waals surface area contributed by atoms with Crippen molar-refractivity contribution in [3.05, 3.63) is 29.8 Å². The van der Waals surface area contributed by atoms with Crippen LogP contribution in [0.5, 0.6) is 5.75 Å². The minimum atomic E-state index is -0.253. The third kappa shape index (κ3) is 3.52. The number of methoxy groups -OCH3 is 1. The van der Waals surface area contributed by atoms with E-state index in [2.05, 4.69) is 21.2 Å². The van der Waals surface area contributed by atoms with E-state index < -0.39 is 0 Å². The zero-order chi connectivity index (χ0) is 12.2. The summed E-state index contributed by atoms with van der Waals surface area (Å²) < 4.78 is 5.03. The molecule has 0 bridgehead atoms. The third-order valence-electron chi connectivity index (χ3n) is 2.14. The van der Waals surface area contributed by atoms with Gasteiger partial charge in [0.1, 0.15) is 5.75 Å². The summed E-state index contributed by atoms with van der Waals surface area (Å²) in [6.07, 6.45) is 0. The summed E-state index contributed by atoms with van der Waals surface area (Å²) in [6, 6.07) is 7.04. The van der Waals surface area contributed by atoms with Gasteiger partial charge in [0.25, 0.3) is 5.91 Å². The van der Waals surface area contributed by atoms with Crippen LogP contribution in [-0.2, 0) is 0 Å². The van der Waals surface area contributed by atoms with Crippen molar-refractivity contribution in [2.75, 3.05) is 12.4 Å². The minimum absolute atomic E-state index is 0.0768. The third-order valence-corrected chi connectivity index (χ3v) is 3.54. The number of benzene rings is 1. The number of alkyl halides is 1. The predicted molar refractivity (Wildman–Crippen MR) is 68.3 cm³/mol. The van der Waals surface area contributed by atoms with Crippen molar-refractivity contribution in [1.29, 1.82) is 0 Å². The lowest BCUT2D eigenvalue weighted by Crippen LogP contribution is -2.44. The highest BCUT2D eigenvalue weighted by Crippen LogP contribution is 2.13. The van der Waals surface area contributed by atoms with Crippen LogP contribution in [0.2, 0.25) is 0 Å². The maximum absolute atomic E-state index is 11.8. The summed E-state index contributed by atoms with van der Waals surface area (Å²) >= 11 is 3.36. The number of nitrogens with one attached hydrogen (secondary N) is 1. The largest absolute Gasteiger partial charge is 0.497 e. The number of hydrogen-bond donors (Lipinski definition) is 1. The van der Waals surface area contributed by atoms with Gasteiger partial charge in [-0.3, -0.25) is 4.79 Å². The second kappa shape index (κ2) is 5.34. The van der Waals surface area contributed by atoms with Crippen molar-refractivity contribution >= 4 is 21.8 Å². The van der Waals surface area contributed by atoms with Crippen molar-refractivity contribution in [1.82, 2.24) is 5.32 Å². The fraction of sp³-hybridized carbons (Fsp3) is 0.417. The normalized spacial score (nSPS) is 11.0. The van der Waals surface area contributed by atoms with Crippen LogP contribution in [0.4, 0.5) is 0 Å². The van der Waals surface area contributed by atoms with Crippen LogP contribution in [0.1, 0.15) is 24.2 Å². The molecule has 0 atom stereocenters. The van der Waals surface area contributed by atoms with Gasteiger partial charge in [-0.25, -0.2) is 0 Å². The molecule has 4 heteroatoms. The van der Waals surface area contributed by atoms with Gasteiger partial charge in [-0.15, -0.1) is 0 Å². The van der Waals surface area contributed by atoms with E-state index >= 15 is 0 Å². The van der Waals surface area contributed by atoms with E-state index in [0.717, 1.165) is 5.75 Å². The lowest BCUT2D eigenvalue weighted by atomic mass is 10.1. The van der Waals surface area contributed by atoms with Crippen molar-refractivity contribution in [2.45, 2.75) is 19.4 Å². The summed E-state index contributed by atoms with van der Waals surface area (Å²) in [7, 11) is 1.60. The first-order chi connectivity index (χ1) is 7.48. The minimum Gasteiger partial charge on any atom is -0.497 e. The molecule has 0 heterocycles. The molecular weight excluding hydrogens is 270 g/mol. The Morgan fingerprint density at radius 3 is 2.38 bits per heavy atom. The Balaban J connectivity index is 2.73. The molecule has 0 aliphatic rings. The second-order valence-corrected chi connectivity index (χ2v) is 4.76. The molecule has 1 aromatic rings. The Labute approximate surface area is 104 Å². The Bertz CT molecular complexity index is 360. The average molecular weight is 286 g/mol. The van der Waals surface area contributed by atoms with Gasteiger partial charge < -0.3 is 10.1 Å². The fourth-order valence-corrected chi connectivity index (χ4v) is 1.30. The number of carbonyl (C=O) groups is 1. The van der Waals surface area contributed by atoms with Crippen LogP contribution in [0.25, 0.3) is 0 Å². The monoisotopic (exact) mass is 285 g/mol. The van der Waals surface area contributed by atoms with E-state index in [1.807, 2.05) is 13.8 Å². The Hall–Kier alpha value is -1.03. The maximum Gasteiger partial charge on any atom is 0.251 e. The number of carbonyl (C=O) groups excluding carboxylic acids is 1. The highest BCUT2D eigenvalue weighted by atomic mass is 79.9. The first kappa shape index (κ1) is 13.0. The van der Waals surface area contributed by atoms with Crippen LogP contribution in [-0.4, -0.2) is 23.9 Å². The van der Waals surface area contributed by atoms with Crippen LogP contribution in [0.15, 0.2) is 24.3 Å². The predicted octanol–water partition coefficient (Wildman–Crippen LogP) is 2.60. The fourth-order valence-electron chi connectivity index (χ4n) is 1.16. The number of ether oxygens (including phenoxy) is 1. The molecule has 1 rings (SSSR count). The summed E-state index contributed by atoms with van der Waals surface area (Å²) in [6.45, 7) is 3.92. The molecule has 1 aromatic carbocycles. The average Bonchev–Trinajstić information content (AvgIpc) is 2.28. The van der Waals surface area contributed by atoms with E-state index in [1.165, 1.54) is 0 Å². The molecule has 0 unspecified atom stereocenters. The zero-order valence-electron chi connectivity index (χ0n) is 9.71. The molecule has 0 aromatic heterocycles. The molecule has 0 saturated heterocycles. The lowest BCUT2D eigenvalue weighted by Gasteiger charge is -2.23. The van der Waals surface area contributed by atoms with E-state index in [4.69, 9.17) is 4.74 Å². The Morgan fingerprint density at radius 1 is 1.38 bits per heavy atom. The number of amides is 1. The smallest absolute Gasteiger partial charge is 0.251 e. The molecule has 0 fully saturated rings. The standard InChI is InChI=1S/C12H16BrNO2/c1-12(2,8-13)14-11(15)9-4-6-10(16-3)7-5-9/h4-7H,8H2,1-3H3,(H,14,15). The SMILES string of the molecule is COc1ccc(C(=O)NC(C)(C)CBr)cc1. The van der Waals surface area contributed by atoms with Gasteiger partial charge in [0.05, 0.1) is 7.11 Å². The van der Waals surface area contributed by atoms with Crippen molar-refractivity contribution in [2.24, 2.45) is 0 Å². The van der Waals surface area contributed by atoms with Gasteiger partial charge in [-0.2, -0.15) is 0 Å². The first-order valence-corrected chi connectivity index (χ1v) is 6.13. The number of hydrogen-bond acceptors (Lipinski definition) is 2. The number of halogens is 1. The Morgan fingerprint density at radius 2 is 1.94 bits per heavy atom. The summed E-state index contributed by atoms with van der Waals surface area (Å²) in [5.74, 6) is 0.670. The van der Waals surface area contributed by atoms with Gasteiger partial charge in [0.2, 0.25) is 0 Å². The summed E-state index contributed by atoms with van der Waals surface area (Å²) in [4.78, 5) is 11.8. The van der Waals surface area contributed by atoms with Crippen molar-refractivity contribution < 1.29 is 9.53 Å². The van der Waals surface area contributed by atoms with Crippen LogP contribution < -0.4 is 10.1 Å². The molecule has 0 aliphatic heterocycles. The van der Waals surface area contributed by atoms with Crippen LogP contribution >= 0.6 is 15.9 Å². The summed E-state index contributed by atoms with van der Waals surface area (Å²) in [5, 5.41) is 3.64. The van der Waals surface area contributed by atoms with Gasteiger partial charge in [0.15, 0.2) is 0 Å². The lowest BCUT2D eigenvalue weighted by molar-refractivity contribution is 0.0921. The Kier molecular flexibility index (Phi) is 4.35. The van der Waals surface area contributed by atoms with E-state index in [0.29, 0.717) is 10.9 Å². The molecular formula is C12H16BrNO2. The van der Waals surface area contributed by atoms with Gasteiger partial charge in [0, 0.05) is 16.4 Å². The van der Waals surface area contributed by atoms with E-state index in [1.54, 1.807) is 31.4 Å². The molecule has 0 spiro atoms. The first-order valence-electron chi connectivity index (χ1n) is 5.01. The molecule has 1 N–H and O–H groups in total. The molecule has 0 radical (unpaired) electrons. The molecule has 0 saturated carbocycles. The van der Waals surface area contributed by atoms with Gasteiger partial charge >= 0.3 is 0 Å². The highest BCUT2D eigenvalue weighted by molar-refractivity contribution is 9.09. The zero-order valence-corrected chi connectivity index (χ0v) is 11.3. The molecule has 16 heavy (non-hydrogen) atoms. The topological polar surface area (TPSA) is 38.3 Å². The highest BCUT2D eigenvalue weighted by Gasteiger charge is 2.19. The molecule has 0 aliphatic carbocycles. The van der Waals surface area contributed by atoms with E-state index in [-0.39, 0.29) is 11.4 Å².